The number of piperidine rings is 1. The zero-order valence-corrected chi connectivity index (χ0v) is 16.6. The number of para-hydroxylation sites is 1. The third-order valence-corrected chi connectivity index (χ3v) is 5.33. The minimum absolute atomic E-state index is 0.0244. The van der Waals surface area contributed by atoms with Gasteiger partial charge in [-0.15, -0.1) is 0 Å². The molecule has 1 aromatic heterocycles. The molecule has 6 heteroatoms. The molecule has 2 heterocycles. The summed E-state index contributed by atoms with van der Waals surface area (Å²) in [7, 11) is 1.73. The first-order chi connectivity index (χ1) is 13.7. The number of rotatable bonds is 9. The molecule has 0 radical (unpaired) electrons. The molecule has 1 aliphatic rings. The van der Waals surface area contributed by atoms with Gasteiger partial charge in [0.05, 0.1) is 13.2 Å². The van der Waals surface area contributed by atoms with Crippen LogP contribution in [0, 0.1) is 5.41 Å². The molecule has 0 unspecified atom stereocenters. The third kappa shape index (κ3) is 5.78. The molecular formula is C22H30N4O2. The maximum atomic E-state index is 12.8. The molecule has 0 atom stereocenters. The summed E-state index contributed by atoms with van der Waals surface area (Å²) >= 11 is 0. The highest BCUT2D eigenvalue weighted by atomic mass is 16.5. The van der Waals surface area contributed by atoms with Crippen molar-refractivity contribution in [3.63, 3.8) is 0 Å². The summed E-state index contributed by atoms with van der Waals surface area (Å²) in [5.41, 5.74) is 2.12. The van der Waals surface area contributed by atoms with Crippen molar-refractivity contribution in [1.82, 2.24) is 15.6 Å². The van der Waals surface area contributed by atoms with Crippen molar-refractivity contribution in [2.24, 2.45) is 5.41 Å². The second kappa shape index (κ2) is 10.2. The van der Waals surface area contributed by atoms with Gasteiger partial charge in [-0.05, 0) is 49.7 Å². The van der Waals surface area contributed by atoms with Crippen LogP contribution < -0.4 is 15.5 Å². The fourth-order valence-electron chi connectivity index (χ4n) is 3.74. The SMILES string of the molecule is COCC1(CNC(=O)CN(Cc2cccnc2)c2ccccc2)CCNCC1. The van der Waals surface area contributed by atoms with E-state index in [9.17, 15) is 4.79 Å². The maximum Gasteiger partial charge on any atom is 0.239 e. The predicted molar refractivity (Wildman–Crippen MR) is 111 cm³/mol. The average Bonchev–Trinajstić information content (AvgIpc) is 2.74. The lowest BCUT2D eigenvalue weighted by Crippen LogP contribution is -2.48. The number of methoxy groups -OCH3 is 1. The third-order valence-electron chi connectivity index (χ3n) is 5.33. The summed E-state index contributed by atoms with van der Waals surface area (Å²) in [5.74, 6) is 0.0294. The van der Waals surface area contributed by atoms with Crippen LogP contribution >= 0.6 is 0 Å². The first-order valence-corrected chi connectivity index (χ1v) is 9.86. The Morgan fingerprint density at radius 1 is 1.21 bits per heavy atom. The molecular weight excluding hydrogens is 352 g/mol. The van der Waals surface area contributed by atoms with Crippen LogP contribution in [-0.2, 0) is 16.1 Å². The molecule has 6 nitrogen and oxygen atoms in total. The van der Waals surface area contributed by atoms with Crippen molar-refractivity contribution in [2.75, 3.05) is 44.8 Å². The van der Waals surface area contributed by atoms with Gasteiger partial charge in [0.1, 0.15) is 0 Å². The Balaban J connectivity index is 1.63. The fourth-order valence-corrected chi connectivity index (χ4v) is 3.74. The molecule has 3 rings (SSSR count). The van der Waals surface area contributed by atoms with Gasteiger partial charge in [0, 0.05) is 43.7 Å². The minimum Gasteiger partial charge on any atom is -0.384 e. The Bertz CT molecular complexity index is 712. The van der Waals surface area contributed by atoms with Gasteiger partial charge >= 0.3 is 0 Å². The van der Waals surface area contributed by atoms with Crippen molar-refractivity contribution in [3.8, 4) is 0 Å². The van der Waals surface area contributed by atoms with Crippen LogP contribution in [0.1, 0.15) is 18.4 Å². The fraction of sp³-hybridized carbons (Fsp3) is 0.455. The van der Waals surface area contributed by atoms with E-state index in [1.807, 2.05) is 48.7 Å². The molecule has 0 aliphatic carbocycles. The molecule has 2 N–H and O–H groups in total. The zero-order valence-electron chi connectivity index (χ0n) is 16.6. The topological polar surface area (TPSA) is 66.5 Å². The molecule has 150 valence electrons. The number of amides is 1. The molecule has 1 aliphatic heterocycles. The van der Waals surface area contributed by atoms with Gasteiger partial charge in [-0.3, -0.25) is 9.78 Å². The van der Waals surface area contributed by atoms with Crippen molar-refractivity contribution in [1.29, 1.82) is 0 Å². The van der Waals surface area contributed by atoms with E-state index in [0.717, 1.165) is 37.2 Å². The van der Waals surface area contributed by atoms with Crippen LogP contribution in [0.5, 0.6) is 0 Å². The second-order valence-electron chi connectivity index (χ2n) is 7.51. The Morgan fingerprint density at radius 3 is 2.68 bits per heavy atom. The first-order valence-electron chi connectivity index (χ1n) is 9.86. The summed E-state index contributed by atoms with van der Waals surface area (Å²) in [6.07, 6.45) is 5.63. The summed E-state index contributed by atoms with van der Waals surface area (Å²) in [6.45, 7) is 4.20. The van der Waals surface area contributed by atoms with Crippen molar-refractivity contribution in [2.45, 2.75) is 19.4 Å². The highest BCUT2D eigenvalue weighted by Gasteiger charge is 2.32. The van der Waals surface area contributed by atoms with Crippen LogP contribution in [-0.4, -0.2) is 50.8 Å². The highest BCUT2D eigenvalue weighted by Crippen LogP contribution is 2.28. The molecule has 1 fully saturated rings. The predicted octanol–water partition coefficient (Wildman–Crippen LogP) is 2.22. The van der Waals surface area contributed by atoms with Crippen molar-refractivity contribution < 1.29 is 9.53 Å². The largest absolute Gasteiger partial charge is 0.384 e. The molecule has 1 amide bonds. The van der Waals surface area contributed by atoms with Crippen LogP contribution in [0.15, 0.2) is 54.9 Å². The summed E-state index contributed by atoms with van der Waals surface area (Å²) in [5, 5.41) is 6.54. The van der Waals surface area contributed by atoms with Gasteiger partial charge in [0.15, 0.2) is 0 Å². The Hall–Kier alpha value is -2.44. The molecule has 1 saturated heterocycles. The quantitative estimate of drug-likeness (QED) is 0.696. The van der Waals surface area contributed by atoms with Gasteiger partial charge < -0.3 is 20.3 Å². The maximum absolute atomic E-state index is 12.8. The van der Waals surface area contributed by atoms with Crippen LogP contribution in [0.25, 0.3) is 0 Å². The second-order valence-corrected chi connectivity index (χ2v) is 7.51. The number of nitrogens with one attached hydrogen (secondary N) is 2. The lowest BCUT2D eigenvalue weighted by atomic mass is 9.79. The molecule has 28 heavy (non-hydrogen) atoms. The van der Waals surface area contributed by atoms with E-state index in [-0.39, 0.29) is 11.3 Å². The number of carbonyl (C=O) groups excluding carboxylic acids is 1. The van der Waals surface area contributed by atoms with Crippen molar-refractivity contribution >= 4 is 11.6 Å². The lowest BCUT2D eigenvalue weighted by molar-refractivity contribution is -0.120. The standard InChI is InChI=1S/C22H30N4O2/c1-28-18-22(9-12-23-13-10-22)17-25-21(27)16-26(20-7-3-2-4-8-20)15-19-6-5-11-24-14-19/h2-8,11,14,23H,9-10,12-13,15-18H2,1H3,(H,25,27). The van der Waals surface area contributed by atoms with Gasteiger partial charge in [0.2, 0.25) is 5.91 Å². The van der Waals surface area contributed by atoms with E-state index in [1.54, 1.807) is 13.3 Å². The number of carbonyl (C=O) groups is 1. The number of aromatic nitrogens is 1. The normalized spacial score (nSPS) is 15.8. The molecule has 0 saturated carbocycles. The average molecular weight is 383 g/mol. The number of nitrogens with zero attached hydrogens (tertiary/aromatic N) is 2. The van der Waals surface area contributed by atoms with E-state index >= 15 is 0 Å². The van der Waals surface area contributed by atoms with E-state index < -0.39 is 0 Å². The molecule has 1 aromatic carbocycles. The van der Waals surface area contributed by atoms with E-state index in [2.05, 4.69) is 20.5 Å². The monoisotopic (exact) mass is 382 g/mol. The lowest BCUT2D eigenvalue weighted by Gasteiger charge is -2.37. The van der Waals surface area contributed by atoms with Gasteiger partial charge in [-0.1, -0.05) is 24.3 Å². The Kier molecular flexibility index (Phi) is 7.39. The molecule has 2 aromatic rings. The smallest absolute Gasteiger partial charge is 0.239 e. The minimum atomic E-state index is 0.0244. The van der Waals surface area contributed by atoms with Crippen molar-refractivity contribution in [3.05, 3.63) is 60.4 Å². The number of hydrogen-bond acceptors (Lipinski definition) is 5. The summed E-state index contributed by atoms with van der Waals surface area (Å²) in [6, 6.07) is 14.0. The number of ether oxygens (including phenoxy) is 1. The number of hydrogen-bond donors (Lipinski definition) is 2. The van der Waals surface area contributed by atoms with Crippen LogP contribution in [0.4, 0.5) is 5.69 Å². The van der Waals surface area contributed by atoms with Gasteiger partial charge in [-0.25, -0.2) is 0 Å². The van der Waals surface area contributed by atoms with E-state index in [1.165, 1.54) is 0 Å². The van der Waals surface area contributed by atoms with E-state index in [4.69, 9.17) is 4.74 Å². The van der Waals surface area contributed by atoms with Gasteiger partial charge in [0.25, 0.3) is 0 Å². The number of anilines is 1. The molecule has 0 spiro atoms. The molecule has 0 bridgehead atoms. The van der Waals surface area contributed by atoms with E-state index in [0.29, 0.717) is 26.2 Å². The van der Waals surface area contributed by atoms with Crippen LogP contribution in [0.2, 0.25) is 0 Å². The first kappa shape index (κ1) is 20.3. The Labute approximate surface area is 167 Å². The summed E-state index contributed by atoms with van der Waals surface area (Å²) < 4.78 is 5.45. The summed E-state index contributed by atoms with van der Waals surface area (Å²) in [4.78, 5) is 19.1. The number of pyridine rings is 1. The highest BCUT2D eigenvalue weighted by molar-refractivity contribution is 5.81. The number of benzene rings is 1. The van der Waals surface area contributed by atoms with Gasteiger partial charge in [-0.2, -0.15) is 0 Å². The van der Waals surface area contributed by atoms with Crippen LogP contribution in [0.3, 0.4) is 0 Å². The zero-order chi connectivity index (χ0) is 19.7. The Morgan fingerprint density at radius 2 is 2.00 bits per heavy atom.